The summed E-state index contributed by atoms with van der Waals surface area (Å²) in [5.41, 5.74) is 1.87. The Bertz CT molecular complexity index is 529. The normalized spacial score (nSPS) is 14.4. The predicted octanol–water partition coefficient (Wildman–Crippen LogP) is 2.86. The summed E-state index contributed by atoms with van der Waals surface area (Å²) in [5, 5.41) is 15.2. The molecule has 0 amide bonds. The first-order chi connectivity index (χ1) is 8.57. The Kier molecular flexibility index (Phi) is 3.53. The van der Waals surface area contributed by atoms with Crippen LogP contribution in [0.5, 0.6) is 0 Å². The fourth-order valence-electron chi connectivity index (χ4n) is 2.39. The molecule has 3 nitrogen and oxygen atoms in total. The second-order valence-electron chi connectivity index (χ2n) is 4.83. The Morgan fingerprint density at radius 3 is 2.67 bits per heavy atom. The number of rotatable bonds is 4. The van der Waals surface area contributed by atoms with Gasteiger partial charge in [0.05, 0.1) is 5.69 Å². The molecular weight excluding hydrogens is 224 g/mol. The van der Waals surface area contributed by atoms with E-state index in [1.165, 1.54) is 0 Å². The smallest absolute Gasteiger partial charge is 0.129 e. The lowest BCUT2D eigenvalue weighted by atomic mass is 9.89. The van der Waals surface area contributed by atoms with Gasteiger partial charge >= 0.3 is 0 Å². The van der Waals surface area contributed by atoms with E-state index >= 15 is 0 Å². The highest BCUT2D eigenvalue weighted by Gasteiger charge is 2.30. The van der Waals surface area contributed by atoms with Crippen LogP contribution in [0.25, 0.3) is 0 Å². The molecule has 0 saturated carbocycles. The third-order valence-electron chi connectivity index (χ3n) is 3.32. The lowest BCUT2D eigenvalue weighted by molar-refractivity contribution is 0.0907. The monoisotopic (exact) mass is 244 g/mol. The first-order valence-electron chi connectivity index (χ1n) is 6.38. The van der Waals surface area contributed by atoms with Gasteiger partial charge < -0.3 is 5.11 Å². The molecule has 0 saturated heterocycles. The molecule has 3 heteroatoms. The number of aryl methyl sites for hydroxylation is 2. The van der Waals surface area contributed by atoms with Gasteiger partial charge in [-0.05, 0) is 37.5 Å². The molecule has 18 heavy (non-hydrogen) atoms. The number of nitrogens with zero attached hydrogens (tertiary/aromatic N) is 2. The van der Waals surface area contributed by atoms with Crippen molar-refractivity contribution < 1.29 is 5.11 Å². The van der Waals surface area contributed by atoms with Crippen LogP contribution in [0.15, 0.2) is 36.5 Å². The van der Waals surface area contributed by atoms with Crippen molar-refractivity contribution in [1.29, 1.82) is 0 Å². The van der Waals surface area contributed by atoms with E-state index in [0.29, 0.717) is 0 Å². The molecule has 1 heterocycles. The molecule has 1 atom stereocenters. The van der Waals surface area contributed by atoms with Crippen LogP contribution in [0, 0.1) is 6.92 Å². The van der Waals surface area contributed by atoms with Crippen molar-refractivity contribution in [2.75, 3.05) is 0 Å². The second-order valence-corrected chi connectivity index (χ2v) is 4.83. The fourth-order valence-corrected chi connectivity index (χ4v) is 2.39. The number of hydrogen-bond donors (Lipinski definition) is 1. The van der Waals surface area contributed by atoms with Crippen LogP contribution < -0.4 is 0 Å². The summed E-state index contributed by atoms with van der Waals surface area (Å²) in [4.78, 5) is 0. The number of aliphatic hydroxyl groups is 1. The molecule has 0 aliphatic heterocycles. The van der Waals surface area contributed by atoms with Gasteiger partial charge in [0.15, 0.2) is 0 Å². The minimum atomic E-state index is -1.00. The average molecular weight is 244 g/mol. The largest absolute Gasteiger partial charge is 0.379 e. The maximum Gasteiger partial charge on any atom is 0.129 e. The molecule has 1 unspecified atom stereocenters. The van der Waals surface area contributed by atoms with Crippen molar-refractivity contribution in [3.8, 4) is 0 Å². The van der Waals surface area contributed by atoms with Crippen molar-refractivity contribution in [3.05, 3.63) is 53.3 Å². The van der Waals surface area contributed by atoms with Crippen molar-refractivity contribution in [2.45, 2.75) is 39.3 Å². The van der Waals surface area contributed by atoms with Gasteiger partial charge in [0.1, 0.15) is 5.60 Å². The van der Waals surface area contributed by atoms with Crippen LogP contribution in [-0.2, 0) is 12.1 Å². The summed E-state index contributed by atoms with van der Waals surface area (Å²) in [6, 6.07) is 9.82. The van der Waals surface area contributed by atoms with Gasteiger partial charge in [0.2, 0.25) is 0 Å². The molecule has 0 spiro atoms. The topological polar surface area (TPSA) is 38.0 Å². The highest BCUT2D eigenvalue weighted by atomic mass is 16.3. The molecule has 96 valence electrons. The van der Waals surface area contributed by atoms with Gasteiger partial charge in [-0.2, -0.15) is 5.10 Å². The second kappa shape index (κ2) is 4.94. The van der Waals surface area contributed by atoms with Gasteiger partial charge in [-0.25, -0.2) is 0 Å². The molecule has 0 radical (unpaired) electrons. The van der Waals surface area contributed by atoms with E-state index in [0.717, 1.165) is 29.8 Å². The van der Waals surface area contributed by atoms with Crippen molar-refractivity contribution in [3.63, 3.8) is 0 Å². The van der Waals surface area contributed by atoms with Gasteiger partial charge in [-0.1, -0.05) is 31.2 Å². The molecule has 0 fully saturated rings. The third kappa shape index (κ3) is 2.18. The molecule has 2 aromatic rings. The summed E-state index contributed by atoms with van der Waals surface area (Å²) in [6.07, 6.45) is 2.75. The fraction of sp³-hybridized carbons (Fsp3) is 0.400. The maximum atomic E-state index is 10.9. The first kappa shape index (κ1) is 12.8. The van der Waals surface area contributed by atoms with Crippen molar-refractivity contribution in [2.24, 2.45) is 0 Å². The quantitative estimate of drug-likeness (QED) is 0.898. The summed E-state index contributed by atoms with van der Waals surface area (Å²) >= 11 is 0. The lowest BCUT2D eigenvalue weighted by Gasteiger charge is -2.26. The molecule has 0 bridgehead atoms. The Balaban J connectivity index is 2.47. The van der Waals surface area contributed by atoms with Gasteiger partial charge in [-0.15, -0.1) is 0 Å². The molecule has 1 aromatic heterocycles. The number of benzene rings is 1. The minimum Gasteiger partial charge on any atom is -0.379 e. The molecule has 0 aliphatic carbocycles. The van der Waals surface area contributed by atoms with E-state index < -0.39 is 5.60 Å². The van der Waals surface area contributed by atoms with E-state index in [9.17, 15) is 5.11 Å². The Morgan fingerprint density at radius 2 is 2.00 bits per heavy atom. The van der Waals surface area contributed by atoms with Crippen molar-refractivity contribution >= 4 is 0 Å². The predicted molar refractivity (Wildman–Crippen MR) is 72.4 cm³/mol. The van der Waals surface area contributed by atoms with Gasteiger partial charge in [-0.3, -0.25) is 4.68 Å². The lowest BCUT2D eigenvalue weighted by Crippen LogP contribution is -2.27. The molecule has 1 aromatic carbocycles. The Labute approximate surface area is 108 Å². The van der Waals surface area contributed by atoms with Crippen LogP contribution >= 0.6 is 0 Å². The zero-order chi connectivity index (χ0) is 13.2. The molecule has 2 rings (SSSR count). The summed E-state index contributed by atoms with van der Waals surface area (Å²) in [7, 11) is 0. The average Bonchev–Trinajstić information content (AvgIpc) is 2.79. The van der Waals surface area contributed by atoms with Crippen LogP contribution in [0.4, 0.5) is 0 Å². The van der Waals surface area contributed by atoms with E-state index in [4.69, 9.17) is 0 Å². The van der Waals surface area contributed by atoms with Crippen molar-refractivity contribution in [1.82, 2.24) is 9.78 Å². The van der Waals surface area contributed by atoms with Crippen LogP contribution in [0.1, 0.15) is 37.1 Å². The highest BCUT2D eigenvalue weighted by molar-refractivity contribution is 5.37. The van der Waals surface area contributed by atoms with E-state index in [-0.39, 0.29) is 0 Å². The summed E-state index contributed by atoms with van der Waals surface area (Å²) in [5.74, 6) is 0. The Hall–Kier alpha value is -1.61. The maximum absolute atomic E-state index is 10.9. The van der Waals surface area contributed by atoms with Crippen LogP contribution in [0.3, 0.4) is 0 Å². The summed E-state index contributed by atoms with van der Waals surface area (Å²) < 4.78 is 1.88. The SMILES string of the molecule is CCCn1nccc1C(C)(O)c1ccccc1C. The van der Waals surface area contributed by atoms with E-state index in [2.05, 4.69) is 12.0 Å². The van der Waals surface area contributed by atoms with Gasteiger partial charge in [0, 0.05) is 12.7 Å². The number of aromatic nitrogens is 2. The van der Waals surface area contributed by atoms with Crippen LogP contribution in [0.2, 0.25) is 0 Å². The third-order valence-corrected chi connectivity index (χ3v) is 3.32. The van der Waals surface area contributed by atoms with E-state index in [1.807, 2.05) is 48.9 Å². The molecule has 0 aliphatic rings. The zero-order valence-electron chi connectivity index (χ0n) is 11.2. The van der Waals surface area contributed by atoms with Crippen LogP contribution in [-0.4, -0.2) is 14.9 Å². The van der Waals surface area contributed by atoms with E-state index in [1.54, 1.807) is 6.20 Å². The first-order valence-corrected chi connectivity index (χ1v) is 6.38. The van der Waals surface area contributed by atoms with Gasteiger partial charge in [0.25, 0.3) is 0 Å². The molecule has 1 N–H and O–H groups in total. The standard InChI is InChI=1S/C15H20N2O/c1-4-11-17-14(9-10-16-17)15(3,18)13-8-6-5-7-12(13)2/h5-10,18H,4,11H2,1-3H3. The minimum absolute atomic E-state index is 0.824. The Morgan fingerprint density at radius 1 is 1.28 bits per heavy atom. The number of hydrogen-bond acceptors (Lipinski definition) is 2. The molecular formula is C15H20N2O. The summed E-state index contributed by atoms with van der Waals surface area (Å²) in [6.45, 7) is 6.78. The highest BCUT2D eigenvalue weighted by Crippen LogP contribution is 2.31. The zero-order valence-corrected chi connectivity index (χ0v) is 11.2.